The highest BCUT2D eigenvalue weighted by atomic mass is 32.1. The van der Waals surface area contributed by atoms with Gasteiger partial charge in [0.25, 0.3) is 0 Å². The van der Waals surface area contributed by atoms with Crippen molar-refractivity contribution >= 4 is 27.5 Å². The maximum atomic E-state index is 12.2. The van der Waals surface area contributed by atoms with E-state index in [2.05, 4.69) is 0 Å². The van der Waals surface area contributed by atoms with Crippen LogP contribution in [0.1, 0.15) is 38.5 Å². The quantitative estimate of drug-likeness (QED) is 0.872. The number of piperidine rings is 1. The molecule has 1 fully saturated rings. The van der Waals surface area contributed by atoms with Crippen molar-refractivity contribution in [1.82, 2.24) is 4.90 Å². The SMILES string of the molecule is COc1cccc2sc(C3(O)CCN(C(=O)OC(C)(C)C)CC3)cc12. The Bertz CT molecular complexity index is 769. The lowest BCUT2D eigenvalue weighted by atomic mass is 9.90. The third-order valence-electron chi connectivity index (χ3n) is 4.44. The highest BCUT2D eigenvalue weighted by molar-refractivity contribution is 7.19. The number of carbonyl (C=O) groups is 1. The van der Waals surface area contributed by atoms with Crippen LogP contribution in [0.4, 0.5) is 4.79 Å². The number of hydrogen-bond acceptors (Lipinski definition) is 5. The molecular weight excluding hydrogens is 338 g/mol. The summed E-state index contributed by atoms with van der Waals surface area (Å²) >= 11 is 1.59. The Hall–Kier alpha value is -1.79. The van der Waals surface area contributed by atoms with E-state index in [1.807, 2.05) is 45.0 Å². The number of thiophene rings is 1. The molecule has 1 aromatic carbocycles. The molecule has 1 aromatic heterocycles. The van der Waals surface area contributed by atoms with E-state index in [-0.39, 0.29) is 6.09 Å². The smallest absolute Gasteiger partial charge is 0.410 e. The molecule has 0 saturated carbocycles. The van der Waals surface area contributed by atoms with Gasteiger partial charge in [0.15, 0.2) is 0 Å². The van der Waals surface area contributed by atoms with Crippen LogP contribution in [0.3, 0.4) is 0 Å². The van der Waals surface area contributed by atoms with Crippen LogP contribution < -0.4 is 4.74 Å². The molecule has 3 rings (SSSR count). The number of rotatable bonds is 2. The maximum absolute atomic E-state index is 12.2. The summed E-state index contributed by atoms with van der Waals surface area (Å²) in [6.07, 6.45) is 0.690. The van der Waals surface area contributed by atoms with E-state index in [9.17, 15) is 9.90 Å². The molecule has 2 heterocycles. The maximum Gasteiger partial charge on any atom is 0.410 e. The molecule has 0 unspecified atom stereocenters. The van der Waals surface area contributed by atoms with Gasteiger partial charge < -0.3 is 19.5 Å². The highest BCUT2D eigenvalue weighted by Crippen LogP contribution is 2.42. The van der Waals surface area contributed by atoms with Gasteiger partial charge in [0, 0.05) is 28.1 Å². The fraction of sp³-hybridized carbons (Fsp3) is 0.526. The summed E-state index contributed by atoms with van der Waals surface area (Å²) in [6, 6.07) is 7.93. The van der Waals surface area contributed by atoms with Gasteiger partial charge in [-0.2, -0.15) is 0 Å². The largest absolute Gasteiger partial charge is 0.496 e. The lowest BCUT2D eigenvalue weighted by Gasteiger charge is -2.38. The average molecular weight is 363 g/mol. The molecule has 1 N–H and O–H groups in total. The van der Waals surface area contributed by atoms with Gasteiger partial charge >= 0.3 is 6.09 Å². The van der Waals surface area contributed by atoms with Gasteiger partial charge in [-0.25, -0.2) is 4.79 Å². The fourth-order valence-corrected chi connectivity index (χ4v) is 4.30. The monoisotopic (exact) mass is 363 g/mol. The second-order valence-corrected chi connectivity index (χ2v) is 8.57. The van der Waals surface area contributed by atoms with Gasteiger partial charge in [-0.15, -0.1) is 11.3 Å². The third-order valence-corrected chi connectivity index (χ3v) is 5.74. The molecule has 136 valence electrons. The summed E-state index contributed by atoms with van der Waals surface area (Å²) in [7, 11) is 1.65. The van der Waals surface area contributed by atoms with Gasteiger partial charge in [-0.1, -0.05) is 6.07 Å². The molecule has 1 aliphatic rings. The molecule has 25 heavy (non-hydrogen) atoms. The summed E-state index contributed by atoms with van der Waals surface area (Å²) in [4.78, 5) is 14.8. The van der Waals surface area contributed by atoms with Crippen molar-refractivity contribution in [3.8, 4) is 5.75 Å². The van der Waals surface area contributed by atoms with Gasteiger partial charge in [0.2, 0.25) is 0 Å². The molecule has 6 heteroatoms. The minimum absolute atomic E-state index is 0.312. The van der Waals surface area contributed by atoms with Crippen molar-refractivity contribution in [3.63, 3.8) is 0 Å². The summed E-state index contributed by atoms with van der Waals surface area (Å²) in [5.41, 5.74) is -1.42. The zero-order valence-corrected chi connectivity index (χ0v) is 16.0. The predicted octanol–water partition coefficient (Wildman–Crippen LogP) is 4.13. The molecule has 1 aliphatic heterocycles. The van der Waals surface area contributed by atoms with Crippen LogP contribution in [0.25, 0.3) is 10.1 Å². The average Bonchev–Trinajstić information content (AvgIpc) is 2.98. The number of ether oxygens (including phenoxy) is 2. The second kappa shape index (κ2) is 6.50. The molecule has 0 bridgehead atoms. The van der Waals surface area contributed by atoms with Gasteiger partial charge in [0.05, 0.1) is 7.11 Å². The van der Waals surface area contributed by atoms with Gasteiger partial charge in [-0.05, 0) is 51.8 Å². The molecule has 5 nitrogen and oxygen atoms in total. The van der Waals surface area contributed by atoms with E-state index in [1.165, 1.54) is 0 Å². The van der Waals surface area contributed by atoms with E-state index in [0.717, 1.165) is 20.7 Å². The summed E-state index contributed by atoms with van der Waals surface area (Å²) in [6.45, 7) is 6.54. The van der Waals surface area contributed by atoms with Crippen molar-refractivity contribution in [2.24, 2.45) is 0 Å². The number of methoxy groups -OCH3 is 1. The molecule has 1 amide bonds. The first-order valence-electron chi connectivity index (χ1n) is 8.49. The van der Waals surface area contributed by atoms with E-state index in [4.69, 9.17) is 9.47 Å². The topological polar surface area (TPSA) is 59.0 Å². The molecule has 0 aliphatic carbocycles. The predicted molar refractivity (Wildman–Crippen MR) is 99.3 cm³/mol. The second-order valence-electron chi connectivity index (χ2n) is 7.48. The zero-order chi connectivity index (χ0) is 18.2. The Balaban J connectivity index is 1.75. The Morgan fingerprint density at radius 3 is 2.56 bits per heavy atom. The number of nitrogens with zero attached hydrogens (tertiary/aromatic N) is 1. The summed E-state index contributed by atoms with van der Waals surface area (Å²) < 4.78 is 11.9. The number of carbonyl (C=O) groups excluding carboxylic acids is 1. The van der Waals surface area contributed by atoms with E-state index >= 15 is 0 Å². The van der Waals surface area contributed by atoms with Gasteiger partial charge in [-0.3, -0.25) is 0 Å². The first-order chi connectivity index (χ1) is 11.7. The molecule has 2 aromatic rings. The van der Waals surface area contributed by atoms with Crippen LogP contribution >= 0.6 is 11.3 Å². The summed E-state index contributed by atoms with van der Waals surface area (Å²) in [5.74, 6) is 0.815. The Kier molecular flexibility index (Phi) is 4.68. The molecule has 0 radical (unpaired) electrons. The van der Waals surface area contributed by atoms with Crippen molar-refractivity contribution in [2.75, 3.05) is 20.2 Å². The number of aliphatic hydroxyl groups is 1. The van der Waals surface area contributed by atoms with Crippen LogP contribution in [0.2, 0.25) is 0 Å². The standard InChI is InChI=1S/C19H25NO4S/c1-18(2,3)24-17(21)20-10-8-19(22,9-11-20)16-12-13-14(23-4)6-5-7-15(13)25-16/h5-7,12,22H,8-11H2,1-4H3. The van der Waals surface area contributed by atoms with Crippen molar-refractivity contribution in [3.05, 3.63) is 29.1 Å². The number of fused-ring (bicyclic) bond motifs is 1. The molecule has 1 saturated heterocycles. The summed E-state index contributed by atoms with van der Waals surface area (Å²) in [5, 5.41) is 12.2. The Labute approximate surface area is 152 Å². The molecule has 0 spiro atoms. The lowest BCUT2D eigenvalue weighted by molar-refractivity contribution is -0.0334. The van der Waals surface area contributed by atoms with Crippen molar-refractivity contribution in [1.29, 1.82) is 0 Å². The van der Waals surface area contributed by atoms with E-state index < -0.39 is 11.2 Å². The van der Waals surface area contributed by atoms with Crippen LogP contribution in [-0.2, 0) is 10.3 Å². The number of benzene rings is 1. The van der Waals surface area contributed by atoms with Crippen LogP contribution in [0, 0.1) is 0 Å². The molecule has 0 atom stereocenters. The lowest BCUT2D eigenvalue weighted by Crippen LogP contribution is -2.46. The van der Waals surface area contributed by atoms with Crippen molar-refractivity contribution in [2.45, 2.75) is 44.8 Å². The van der Waals surface area contributed by atoms with Crippen LogP contribution in [0.15, 0.2) is 24.3 Å². The first-order valence-corrected chi connectivity index (χ1v) is 9.31. The minimum atomic E-state index is -0.910. The van der Waals surface area contributed by atoms with Crippen LogP contribution in [0.5, 0.6) is 5.75 Å². The normalized spacial score (nSPS) is 17.6. The van der Waals surface area contributed by atoms with Crippen molar-refractivity contribution < 1.29 is 19.4 Å². The van der Waals surface area contributed by atoms with Gasteiger partial charge in [0.1, 0.15) is 17.0 Å². The zero-order valence-electron chi connectivity index (χ0n) is 15.2. The third kappa shape index (κ3) is 3.75. The highest BCUT2D eigenvalue weighted by Gasteiger charge is 2.38. The minimum Gasteiger partial charge on any atom is -0.496 e. The Morgan fingerprint density at radius 1 is 1.28 bits per heavy atom. The Morgan fingerprint density at radius 2 is 1.96 bits per heavy atom. The number of amides is 1. The molecular formula is C19H25NO4S. The first kappa shape index (κ1) is 18.0. The van der Waals surface area contributed by atoms with E-state index in [0.29, 0.717) is 25.9 Å². The fourth-order valence-electron chi connectivity index (χ4n) is 3.07. The number of hydrogen-bond donors (Lipinski definition) is 1. The number of likely N-dealkylation sites (tertiary alicyclic amines) is 1. The van der Waals surface area contributed by atoms with E-state index in [1.54, 1.807) is 23.3 Å². The van der Waals surface area contributed by atoms with Crippen LogP contribution in [-0.4, -0.2) is 41.9 Å².